The van der Waals surface area contributed by atoms with Crippen molar-refractivity contribution in [2.45, 2.75) is 32.1 Å². The lowest BCUT2D eigenvalue weighted by molar-refractivity contribution is -0.131. The molecule has 1 aliphatic heterocycles. The Morgan fingerprint density at radius 1 is 1.36 bits per heavy atom. The number of benzene rings is 1. The molecule has 6 heteroatoms. The van der Waals surface area contributed by atoms with Gasteiger partial charge < -0.3 is 13.9 Å². The summed E-state index contributed by atoms with van der Waals surface area (Å²) in [6, 6.07) is 7.90. The van der Waals surface area contributed by atoms with Crippen molar-refractivity contribution < 1.29 is 9.21 Å². The molecule has 3 heterocycles. The number of piperidine rings is 1. The maximum Gasteiger partial charge on any atom is 0.227 e. The zero-order valence-corrected chi connectivity index (χ0v) is 14.6. The number of para-hydroxylation sites is 1. The zero-order chi connectivity index (χ0) is 17.4. The molecular formula is C19H22N4O2. The fourth-order valence-electron chi connectivity index (χ4n) is 3.78. The molecule has 3 aromatic rings. The van der Waals surface area contributed by atoms with E-state index in [1.54, 1.807) is 6.33 Å². The molecule has 1 unspecified atom stereocenters. The summed E-state index contributed by atoms with van der Waals surface area (Å²) in [5.74, 6) is 2.20. The van der Waals surface area contributed by atoms with Crippen LogP contribution in [0.3, 0.4) is 0 Å². The molecule has 1 aromatic carbocycles. The Hall–Kier alpha value is -2.63. The van der Waals surface area contributed by atoms with Gasteiger partial charge in [-0.1, -0.05) is 18.2 Å². The number of aryl methyl sites for hydroxylation is 2. The first-order valence-electron chi connectivity index (χ1n) is 8.72. The highest BCUT2D eigenvalue weighted by Crippen LogP contribution is 2.28. The van der Waals surface area contributed by atoms with Crippen molar-refractivity contribution in [1.82, 2.24) is 19.7 Å². The smallest absolute Gasteiger partial charge is 0.227 e. The van der Waals surface area contributed by atoms with E-state index < -0.39 is 0 Å². The molecule has 1 fully saturated rings. The van der Waals surface area contributed by atoms with Crippen molar-refractivity contribution in [3.05, 3.63) is 47.7 Å². The summed E-state index contributed by atoms with van der Waals surface area (Å²) in [5.41, 5.74) is 1.85. The van der Waals surface area contributed by atoms with E-state index in [4.69, 9.17) is 4.42 Å². The van der Waals surface area contributed by atoms with Crippen LogP contribution in [0.25, 0.3) is 11.0 Å². The van der Waals surface area contributed by atoms with Crippen LogP contribution in [-0.2, 0) is 18.3 Å². The molecule has 0 aliphatic carbocycles. The lowest BCUT2D eigenvalue weighted by Gasteiger charge is -2.32. The Balaban J connectivity index is 1.52. The van der Waals surface area contributed by atoms with Crippen LogP contribution < -0.4 is 0 Å². The number of likely N-dealkylation sites (tertiary alicyclic amines) is 1. The van der Waals surface area contributed by atoms with Crippen molar-refractivity contribution in [2.24, 2.45) is 7.05 Å². The number of amides is 1. The Morgan fingerprint density at radius 3 is 3.00 bits per heavy atom. The highest BCUT2D eigenvalue weighted by Gasteiger charge is 2.28. The summed E-state index contributed by atoms with van der Waals surface area (Å²) >= 11 is 0. The van der Waals surface area contributed by atoms with Gasteiger partial charge in [-0.2, -0.15) is 0 Å². The molecular weight excluding hydrogens is 316 g/mol. The number of hydrogen-bond acceptors (Lipinski definition) is 4. The molecule has 0 radical (unpaired) electrons. The molecule has 1 saturated heterocycles. The summed E-state index contributed by atoms with van der Waals surface area (Å²) < 4.78 is 7.74. The second-order valence-electron chi connectivity index (χ2n) is 6.79. The predicted octanol–water partition coefficient (Wildman–Crippen LogP) is 2.82. The van der Waals surface area contributed by atoms with E-state index in [2.05, 4.69) is 10.2 Å². The number of aromatic nitrogens is 3. The van der Waals surface area contributed by atoms with Gasteiger partial charge in [-0.25, -0.2) is 0 Å². The minimum absolute atomic E-state index is 0.154. The van der Waals surface area contributed by atoms with Gasteiger partial charge in [-0.05, 0) is 25.8 Å². The van der Waals surface area contributed by atoms with Gasteiger partial charge in [0.1, 0.15) is 23.5 Å². The number of furan rings is 1. The van der Waals surface area contributed by atoms with Crippen LogP contribution in [0.15, 0.2) is 35.0 Å². The van der Waals surface area contributed by atoms with Gasteiger partial charge in [0.25, 0.3) is 0 Å². The highest BCUT2D eigenvalue weighted by atomic mass is 16.3. The molecule has 0 saturated carbocycles. The summed E-state index contributed by atoms with van der Waals surface area (Å²) in [7, 11) is 1.96. The fraction of sp³-hybridized carbons (Fsp3) is 0.421. The molecule has 130 valence electrons. The first kappa shape index (κ1) is 15.9. The number of nitrogens with zero attached hydrogens (tertiary/aromatic N) is 4. The molecule has 4 rings (SSSR count). The molecule has 0 N–H and O–H groups in total. The van der Waals surface area contributed by atoms with Crippen molar-refractivity contribution >= 4 is 16.9 Å². The number of carbonyl (C=O) groups excluding carboxylic acids is 1. The molecule has 1 atom stereocenters. The van der Waals surface area contributed by atoms with Crippen LogP contribution >= 0.6 is 0 Å². The van der Waals surface area contributed by atoms with Gasteiger partial charge in [-0.15, -0.1) is 10.2 Å². The van der Waals surface area contributed by atoms with E-state index in [0.717, 1.165) is 47.5 Å². The van der Waals surface area contributed by atoms with Gasteiger partial charge >= 0.3 is 0 Å². The summed E-state index contributed by atoms with van der Waals surface area (Å²) in [4.78, 5) is 14.9. The average Bonchev–Trinajstić information content (AvgIpc) is 3.18. The Morgan fingerprint density at radius 2 is 2.20 bits per heavy atom. The molecule has 0 bridgehead atoms. The van der Waals surface area contributed by atoms with Crippen molar-refractivity contribution in [3.63, 3.8) is 0 Å². The van der Waals surface area contributed by atoms with Crippen LogP contribution in [-0.4, -0.2) is 38.7 Å². The lowest BCUT2D eigenvalue weighted by atomic mass is 9.96. The van der Waals surface area contributed by atoms with Gasteiger partial charge in [0.2, 0.25) is 5.91 Å². The molecule has 25 heavy (non-hydrogen) atoms. The standard InChI is InChI=1S/C19H22N4O2/c1-13-16(15-7-3-4-8-17(15)25-13)10-18(24)23-9-5-6-14(11-23)19-21-20-12-22(19)2/h3-4,7-8,12,14H,5-6,9-11H2,1-2H3. The third-order valence-corrected chi connectivity index (χ3v) is 5.11. The summed E-state index contributed by atoms with van der Waals surface area (Å²) in [6.07, 6.45) is 4.14. The quantitative estimate of drug-likeness (QED) is 0.737. The predicted molar refractivity (Wildman–Crippen MR) is 94.2 cm³/mol. The van der Waals surface area contributed by atoms with E-state index in [-0.39, 0.29) is 11.8 Å². The van der Waals surface area contributed by atoms with Crippen molar-refractivity contribution in [3.8, 4) is 0 Å². The lowest BCUT2D eigenvalue weighted by Crippen LogP contribution is -2.40. The first-order valence-corrected chi connectivity index (χ1v) is 8.72. The number of hydrogen-bond donors (Lipinski definition) is 0. The molecule has 1 amide bonds. The molecule has 2 aromatic heterocycles. The van der Waals surface area contributed by atoms with Crippen LogP contribution in [0, 0.1) is 6.92 Å². The van der Waals surface area contributed by atoms with Gasteiger partial charge in [0, 0.05) is 37.0 Å². The molecule has 6 nitrogen and oxygen atoms in total. The topological polar surface area (TPSA) is 64.2 Å². The van der Waals surface area contributed by atoms with Gasteiger partial charge in [-0.3, -0.25) is 4.79 Å². The second-order valence-corrected chi connectivity index (χ2v) is 6.79. The number of rotatable bonds is 3. The normalized spacial score (nSPS) is 18.0. The minimum Gasteiger partial charge on any atom is -0.461 e. The van der Waals surface area contributed by atoms with Crippen LogP contribution in [0.1, 0.15) is 35.9 Å². The second kappa shape index (κ2) is 6.35. The third-order valence-electron chi connectivity index (χ3n) is 5.11. The monoisotopic (exact) mass is 338 g/mol. The van der Waals surface area contributed by atoms with Crippen molar-refractivity contribution in [2.75, 3.05) is 13.1 Å². The van der Waals surface area contributed by atoms with E-state index >= 15 is 0 Å². The van der Waals surface area contributed by atoms with Gasteiger partial charge in [0.15, 0.2) is 0 Å². The van der Waals surface area contributed by atoms with Crippen LogP contribution in [0.4, 0.5) is 0 Å². The maximum absolute atomic E-state index is 12.9. The maximum atomic E-state index is 12.9. The van der Waals surface area contributed by atoms with Crippen molar-refractivity contribution in [1.29, 1.82) is 0 Å². The highest BCUT2D eigenvalue weighted by molar-refractivity contribution is 5.88. The minimum atomic E-state index is 0.154. The zero-order valence-electron chi connectivity index (χ0n) is 14.6. The Kier molecular flexibility index (Phi) is 4.03. The summed E-state index contributed by atoms with van der Waals surface area (Å²) in [5, 5.41) is 9.23. The molecule has 0 spiro atoms. The number of carbonyl (C=O) groups is 1. The third kappa shape index (κ3) is 2.92. The summed E-state index contributed by atoms with van der Waals surface area (Å²) in [6.45, 7) is 3.45. The van der Waals surface area contributed by atoms with E-state index in [1.165, 1.54) is 0 Å². The van der Waals surface area contributed by atoms with Crippen LogP contribution in [0.5, 0.6) is 0 Å². The Labute approximate surface area is 146 Å². The average molecular weight is 338 g/mol. The fourth-order valence-corrected chi connectivity index (χ4v) is 3.78. The van der Waals surface area contributed by atoms with E-state index in [0.29, 0.717) is 13.0 Å². The first-order chi connectivity index (χ1) is 12.1. The largest absolute Gasteiger partial charge is 0.461 e. The van der Waals surface area contributed by atoms with E-state index in [1.807, 2.05) is 47.7 Å². The van der Waals surface area contributed by atoms with Crippen LogP contribution in [0.2, 0.25) is 0 Å². The van der Waals surface area contributed by atoms with Gasteiger partial charge in [0.05, 0.1) is 6.42 Å². The van der Waals surface area contributed by atoms with E-state index in [9.17, 15) is 4.79 Å². The Bertz CT molecular complexity index is 911. The SMILES string of the molecule is Cc1oc2ccccc2c1CC(=O)N1CCCC(c2nncn2C)C1. The molecule has 1 aliphatic rings. The number of fused-ring (bicyclic) bond motifs is 1.